The van der Waals surface area contributed by atoms with Gasteiger partial charge in [-0.15, -0.1) is 0 Å². The summed E-state index contributed by atoms with van der Waals surface area (Å²) in [5.41, 5.74) is 0. The Morgan fingerprint density at radius 1 is 1.67 bits per heavy atom. The van der Waals surface area contributed by atoms with Gasteiger partial charge in [0, 0.05) is 0 Å². The first-order valence-corrected chi connectivity index (χ1v) is 9.90. The van der Waals surface area contributed by atoms with Gasteiger partial charge >= 0.3 is 46.7 Å². The Morgan fingerprint density at radius 3 is 2.17 bits per heavy atom. The van der Waals surface area contributed by atoms with E-state index in [1.165, 1.54) is 4.44 Å². The maximum atomic E-state index is 3.65. The van der Waals surface area contributed by atoms with Crippen LogP contribution < -0.4 is 0 Å². The van der Waals surface area contributed by atoms with Crippen molar-refractivity contribution in [3.05, 3.63) is 12.7 Å². The van der Waals surface area contributed by atoms with E-state index in [0.717, 1.165) is 0 Å². The van der Waals surface area contributed by atoms with E-state index >= 15 is 0 Å². The fourth-order valence-corrected chi connectivity index (χ4v) is 1.94. The second-order valence-electron chi connectivity index (χ2n) is 1.70. The van der Waals surface area contributed by atoms with Crippen molar-refractivity contribution in [1.82, 2.24) is 0 Å². The maximum absolute atomic E-state index is 3.65. The molecule has 0 bridgehead atoms. The quantitative estimate of drug-likeness (QED) is 0.460. The average molecular weight is 190 g/mol. The van der Waals surface area contributed by atoms with E-state index in [9.17, 15) is 0 Å². The number of rotatable bonds is 2. The molecular weight excluding hydrogens is 179 g/mol. The minimum absolute atomic E-state index is 0.733. The van der Waals surface area contributed by atoms with Crippen LogP contribution in [0.25, 0.3) is 0 Å². The van der Waals surface area contributed by atoms with Gasteiger partial charge in [0.2, 0.25) is 0 Å². The molecule has 0 fully saturated rings. The molecule has 1 radical (unpaired) electrons. The summed E-state index contributed by atoms with van der Waals surface area (Å²) in [7, 11) is 0. The van der Waals surface area contributed by atoms with Gasteiger partial charge in [-0.05, 0) is 0 Å². The normalized spacial score (nSPS) is 9.17. The van der Waals surface area contributed by atoms with Gasteiger partial charge in [-0.2, -0.15) is 0 Å². The van der Waals surface area contributed by atoms with E-state index in [-0.39, 0.29) is 0 Å². The molecule has 35 valence electrons. The van der Waals surface area contributed by atoms with Crippen molar-refractivity contribution in [1.29, 1.82) is 0 Å². The Hall–Kier alpha value is 0.539. The topological polar surface area (TPSA) is 0 Å². The van der Waals surface area contributed by atoms with Crippen molar-refractivity contribution >= 4 is 19.8 Å². The van der Waals surface area contributed by atoms with Crippen LogP contribution in [-0.2, 0) is 0 Å². The van der Waals surface area contributed by atoms with E-state index in [0.29, 0.717) is 0 Å². The third kappa shape index (κ3) is 4.54. The summed E-state index contributed by atoms with van der Waals surface area (Å²) in [6.45, 7) is 3.65. The molecule has 6 heavy (non-hydrogen) atoms. The Morgan fingerprint density at radius 2 is 2.17 bits per heavy atom. The Balaban J connectivity index is 2.81. The summed E-state index contributed by atoms with van der Waals surface area (Å²) < 4.78 is 1.34. The first kappa shape index (κ1) is 6.54. The van der Waals surface area contributed by atoms with E-state index in [1.54, 1.807) is 0 Å². The Labute approximate surface area is 47.0 Å². The Bertz CT molecular complexity index is 39.2. The molecule has 0 aliphatic rings. The molecule has 0 aromatic carbocycles. The number of hydrogen-bond donors (Lipinski definition) is 0. The third-order valence-electron chi connectivity index (χ3n) is 0.553. The first-order valence-electron chi connectivity index (χ1n) is 2.17. The SMILES string of the molecule is C=C[CH2][Sn]([CH3])[CH3]. The van der Waals surface area contributed by atoms with Crippen LogP contribution in [0.1, 0.15) is 0 Å². The zero-order valence-electron chi connectivity index (χ0n) is 4.49. The molecule has 0 nitrogen and oxygen atoms in total. The molecule has 0 N–H and O–H groups in total. The standard InChI is InChI=1S/C3H5.2CH3.Sn/c1-3-2;;;/h3H,1-2H2;2*1H3;. The molecule has 0 heterocycles. The predicted molar refractivity (Wildman–Crippen MR) is 32.5 cm³/mol. The molecular formula is C5H11Sn. The van der Waals surface area contributed by atoms with Gasteiger partial charge in [-0.25, -0.2) is 0 Å². The van der Waals surface area contributed by atoms with Crippen LogP contribution in [0.3, 0.4) is 0 Å². The van der Waals surface area contributed by atoms with Crippen LogP contribution in [0, 0.1) is 0 Å². The molecule has 0 aromatic rings. The van der Waals surface area contributed by atoms with E-state index < -0.39 is 19.8 Å². The molecule has 0 saturated heterocycles. The van der Waals surface area contributed by atoms with Gasteiger partial charge in [0.05, 0.1) is 0 Å². The molecule has 0 spiro atoms. The Kier molecular flexibility index (Phi) is 4.05. The fraction of sp³-hybridized carbons (Fsp3) is 0.600. The molecule has 0 amide bonds. The number of allylic oxidation sites excluding steroid dienone is 1. The van der Waals surface area contributed by atoms with Gasteiger partial charge in [0.25, 0.3) is 0 Å². The van der Waals surface area contributed by atoms with Crippen LogP contribution in [0.15, 0.2) is 12.7 Å². The summed E-state index contributed by atoms with van der Waals surface area (Å²) in [6, 6.07) is 0. The van der Waals surface area contributed by atoms with Crippen LogP contribution in [0.2, 0.25) is 14.3 Å². The van der Waals surface area contributed by atoms with E-state index in [2.05, 4.69) is 16.5 Å². The summed E-state index contributed by atoms with van der Waals surface area (Å²) in [6.07, 6.45) is 2.04. The number of hydrogen-bond acceptors (Lipinski definition) is 0. The molecule has 0 aliphatic heterocycles. The second kappa shape index (κ2) is 3.72. The van der Waals surface area contributed by atoms with E-state index in [4.69, 9.17) is 0 Å². The average Bonchev–Trinajstić information content (AvgIpc) is 1.35. The van der Waals surface area contributed by atoms with Crippen LogP contribution in [0.4, 0.5) is 0 Å². The second-order valence-corrected chi connectivity index (χ2v) is 9.76. The van der Waals surface area contributed by atoms with Crippen molar-refractivity contribution in [2.24, 2.45) is 0 Å². The van der Waals surface area contributed by atoms with Crippen LogP contribution in [-0.4, -0.2) is 19.8 Å². The van der Waals surface area contributed by atoms with E-state index in [1.807, 2.05) is 6.08 Å². The zero-order valence-corrected chi connectivity index (χ0v) is 7.35. The van der Waals surface area contributed by atoms with Gasteiger partial charge in [0.1, 0.15) is 0 Å². The van der Waals surface area contributed by atoms with Crippen LogP contribution in [0.5, 0.6) is 0 Å². The first-order chi connectivity index (χ1) is 2.77. The third-order valence-corrected chi connectivity index (χ3v) is 3.71. The summed E-state index contributed by atoms with van der Waals surface area (Å²) in [4.78, 5) is 4.76. The molecule has 1 heteroatoms. The van der Waals surface area contributed by atoms with Crippen molar-refractivity contribution in [3.8, 4) is 0 Å². The molecule has 0 aromatic heterocycles. The molecule has 0 saturated carbocycles. The zero-order chi connectivity index (χ0) is 4.99. The van der Waals surface area contributed by atoms with Crippen molar-refractivity contribution in [2.75, 3.05) is 0 Å². The monoisotopic (exact) mass is 191 g/mol. The van der Waals surface area contributed by atoms with Gasteiger partial charge in [-0.1, -0.05) is 0 Å². The molecule has 0 atom stereocenters. The van der Waals surface area contributed by atoms with Gasteiger partial charge in [0.15, 0.2) is 0 Å². The summed E-state index contributed by atoms with van der Waals surface area (Å²) in [5, 5.41) is 0. The minimum atomic E-state index is -0.733. The molecule has 0 aliphatic carbocycles. The molecule has 0 unspecified atom stereocenters. The van der Waals surface area contributed by atoms with Crippen LogP contribution >= 0.6 is 0 Å². The van der Waals surface area contributed by atoms with Gasteiger partial charge in [-0.3, -0.25) is 0 Å². The van der Waals surface area contributed by atoms with Gasteiger partial charge < -0.3 is 0 Å². The predicted octanol–water partition coefficient (Wildman–Crippen LogP) is 1.93. The summed E-state index contributed by atoms with van der Waals surface area (Å²) in [5.74, 6) is 0. The van der Waals surface area contributed by atoms with Crippen molar-refractivity contribution in [3.63, 3.8) is 0 Å². The fourth-order valence-electron chi connectivity index (χ4n) is 0.289. The molecule has 0 rings (SSSR count). The van der Waals surface area contributed by atoms with Crippen molar-refractivity contribution < 1.29 is 0 Å². The van der Waals surface area contributed by atoms with Crippen molar-refractivity contribution in [2.45, 2.75) is 14.3 Å². The summed E-state index contributed by atoms with van der Waals surface area (Å²) >= 11 is -0.733.